The molecule has 1 aliphatic rings. The SMILES string of the molecule is O=C(c1cccc(Br)c1Cl)N1CCCC(CBr)C1. The molecule has 1 aromatic rings. The van der Waals surface area contributed by atoms with Gasteiger partial charge >= 0.3 is 0 Å². The highest BCUT2D eigenvalue weighted by atomic mass is 79.9. The number of nitrogens with zero attached hydrogens (tertiary/aromatic N) is 1. The van der Waals surface area contributed by atoms with Crippen LogP contribution in [0.1, 0.15) is 23.2 Å². The Morgan fingerprint density at radius 1 is 1.50 bits per heavy atom. The van der Waals surface area contributed by atoms with Crippen molar-refractivity contribution < 1.29 is 4.79 Å². The van der Waals surface area contributed by atoms with Gasteiger partial charge in [0.1, 0.15) is 0 Å². The molecule has 1 saturated heterocycles. The highest BCUT2D eigenvalue weighted by molar-refractivity contribution is 9.10. The van der Waals surface area contributed by atoms with Gasteiger partial charge in [-0.25, -0.2) is 0 Å². The molecule has 1 amide bonds. The normalized spacial score (nSPS) is 19.9. The van der Waals surface area contributed by atoms with E-state index in [-0.39, 0.29) is 5.91 Å². The van der Waals surface area contributed by atoms with Crippen LogP contribution in [0.2, 0.25) is 5.02 Å². The van der Waals surface area contributed by atoms with E-state index < -0.39 is 0 Å². The summed E-state index contributed by atoms with van der Waals surface area (Å²) >= 11 is 13.0. The zero-order valence-electron chi connectivity index (χ0n) is 9.83. The fraction of sp³-hybridized carbons (Fsp3) is 0.462. The van der Waals surface area contributed by atoms with Gasteiger partial charge in [-0.05, 0) is 46.8 Å². The summed E-state index contributed by atoms with van der Waals surface area (Å²) in [7, 11) is 0. The molecule has 1 unspecified atom stereocenters. The molecule has 1 aliphatic heterocycles. The van der Waals surface area contributed by atoms with Crippen LogP contribution in [-0.2, 0) is 0 Å². The first-order chi connectivity index (χ1) is 8.63. The van der Waals surface area contributed by atoms with E-state index in [0.717, 1.165) is 29.3 Å². The molecule has 1 heterocycles. The number of halogens is 3. The number of carbonyl (C=O) groups excluding carboxylic acids is 1. The summed E-state index contributed by atoms with van der Waals surface area (Å²) in [5.74, 6) is 0.584. The lowest BCUT2D eigenvalue weighted by molar-refractivity contribution is 0.0686. The predicted octanol–water partition coefficient (Wildman–Crippen LogP) is 4.35. The van der Waals surface area contributed by atoms with Crippen LogP contribution in [0.5, 0.6) is 0 Å². The van der Waals surface area contributed by atoms with Gasteiger partial charge in [-0.3, -0.25) is 4.79 Å². The molecule has 0 N–H and O–H groups in total. The van der Waals surface area contributed by atoms with Crippen molar-refractivity contribution in [3.63, 3.8) is 0 Å². The van der Waals surface area contributed by atoms with E-state index in [4.69, 9.17) is 11.6 Å². The van der Waals surface area contributed by atoms with Crippen LogP contribution >= 0.6 is 43.5 Å². The summed E-state index contributed by atoms with van der Waals surface area (Å²) in [6, 6.07) is 5.47. The van der Waals surface area contributed by atoms with Crippen molar-refractivity contribution in [3.05, 3.63) is 33.3 Å². The van der Waals surface area contributed by atoms with Crippen molar-refractivity contribution in [3.8, 4) is 0 Å². The summed E-state index contributed by atoms with van der Waals surface area (Å²) in [4.78, 5) is 14.3. The number of amides is 1. The molecule has 18 heavy (non-hydrogen) atoms. The molecule has 0 radical (unpaired) electrons. The van der Waals surface area contributed by atoms with Crippen LogP contribution in [0.25, 0.3) is 0 Å². The summed E-state index contributed by atoms with van der Waals surface area (Å²) in [6.45, 7) is 1.64. The molecule has 2 nitrogen and oxygen atoms in total. The van der Waals surface area contributed by atoms with Crippen LogP contribution in [0.4, 0.5) is 0 Å². The second-order valence-corrected chi connectivity index (χ2v) is 6.39. The van der Waals surface area contributed by atoms with Gasteiger partial charge in [0.25, 0.3) is 5.91 Å². The van der Waals surface area contributed by atoms with Gasteiger partial charge in [-0.15, -0.1) is 0 Å². The Bertz CT molecular complexity index is 453. The van der Waals surface area contributed by atoms with Crippen LogP contribution in [-0.4, -0.2) is 29.2 Å². The predicted molar refractivity (Wildman–Crippen MR) is 81.6 cm³/mol. The zero-order valence-corrected chi connectivity index (χ0v) is 13.8. The minimum atomic E-state index is 0.0342. The molecule has 0 aliphatic carbocycles. The Balaban J connectivity index is 2.18. The molecule has 98 valence electrons. The average molecular weight is 396 g/mol. The molecule has 1 aromatic carbocycles. The fourth-order valence-electron chi connectivity index (χ4n) is 2.21. The first kappa shape index (κ1) is 14.4. The molecule has 2 rings (SSSR count). The minimum absolute atomic E-state index is 0.0342. The average Bonchev–Trinajstić information content (AvgIpc) is 2.41. The van der Waals surface area contributed by atoms with E-state index in [1.807, 2.05) is 17.0 Å². The third-order valence-corrected chi connectivity index (χ3v) is 5.42. The summed E-state index contributed by atoms with van der Waals surface area (Å²) in [6.07, 6.45) is 2.24. The number of piperidine rings is 1. The first-order valence-corrected chi connectivity index (χ1v) is 8.22. The van der Waals surface area contributed by atoms with E-state index in [0.29, 0.717) is 16.5 Å². The van der Waals surface area contributed by atoms with Crippen LogP contribution < -0.4 is 0 Å². The molecule has 0 saturated carbocycles. The Hall–Kier alpha value is -0.0600. The van der Waals surface area contributed by atoms with Gasteiger partial charge in [0.15, 0.2) is 0 Å². The first-order valence-electron chi connectivity index (χ1n) is 5.92. The third kappa shape index (κ3) is 3.09. The number of likely N-dealkylation sites (tertiary alicyclic amines) is 1. The minimum Gasteiger partial charge on any atom is -0.338 e. The van der Waals surface area contributed by atoms with Gasteiger partial charge in [0.2, 0.25) is 0 Å². The van der Waals surface area contributed by atoms with Crippen LogP contribution in [0, 0.1) is 5.92 Å². The van der Waals surface area contributed by atoms with Gasteiger partial charge in [0, 0.05) is 22.9 Å². The van der Waals surface area contributed by atoms with E-state index in [1.54, 1.807) is 6.07 Å². The number of carbonyl (C=O) groups is 1. The third-order valence-electron chi connectivity index (χ3n) is 3.21. The quantitative estimate of drug-likeness (QED) is 0.682. The summed E-state index contributed by atoms with van der Waals surface area (Å²) < 4.78 is 0.768. The largest absolute Gasteiger partial charge is 0.338 e. The van der Waals surface area contributed by atoms with Crippen molar-refractivity contribution in [2.75, 3.05) is 18.4 Å². The van der Waals surface area contributed by atoms with E-state index in [2.05, 4.69) is 31.9 Å². The Morgan fingerprint density at radius 2 is 2.28 bits per heavy atom. The van der Waals surface area contributed by atoms with Crippen molar-refractivity contribution >= 4 is 49.4 Å². The smallest absolute Gasteiger partial charge is 0.255 e. The molecule has 1 fully saturated rings. The number of benzene rings is 1. The number of alkyl halides is 1. The molecule has 0 bridgehead atoms. The van der Waals surface area contributed by atoms with Crippen LogP contribution in [0.3, 0.4) is 0 Å². The van der Waals surface area contributed by atoms with E-state index in [1.165, 1.54) is 6.42 Å². The molecular formula is C13H14Br2ClNO. The maximum atomic E-state index is 12.4. The molecule has 1 atom stereocenters. The number of rotatable bonds is 2. The van der Waals surface area contributed by atoms with Crippen molar-refractivity contribution in [1.29, 1.82) is 0 Å². The van der Waals surface area contributed by atoms with Crippen molar-refractivity contribution in [2.24, 2.45) is 5.92 Å². The number of hydrogen-bond donors (Lipinski definition) is 0. The van der Waals surface area contributed by atoms with E-state index in [9.17, 15) is 4.79 Å². The Labute approximate surface area is 129 Å². The zero-order chi connectivity index (χ0) is 13.1. The maximum absolute atomic E-state index is 12.4. The fourth-order valence-corrected chi connectivity index (χ4v) is 3.32. The van der Waals surface area contributed by atoms with E-state index >= 15 is 0 Å². The molecule has 0 aromatic heterocycles. The Morgan fingerprint density at radius 3 is 3.00 bits per heavy atom. The molecule has 5 heteroatoms. The number of hydrogen-bond acceptors (Lipinski definition) is 1. The van der Waals surface area contributed by atoms with Crippen LogP contribution in [0.15, 0.2) is 22.7 Å². The standard InChI is InChI=1S/C13H14Br2ClNO/c14-7-9-3-2-6-17(8-9)13(18)10-4-1-5-11(15)12(10)16/h1,4-5,9H,2-3,6-8H2. The second-order valence-electron chi connectivity index (χ2n) is 4.52. The second kappa shape index (κ2) is 6.40. The Kier molecular flexibility index (Phi) is 5.10. The molecular weight excluding hydrogens is 381 g/mol. The highest BCUT2D eigenvalue weighted by Crippen LogP contribution is 2.28. The molecule has 0 spiro atoms. The van der Waals surface area contributed by atoms with Gasteiger partial charge in [-0.2, -0.15) is 0 Å². The topological polar surface area (TPSA) is 20.3 Å². The van der Waals surface area contributed by atoms with Crippen molar-refractivity contribution in [2.45, 2.75) is 12.8 Å². The lowest BCUT2D eigenvalue weighted by Gasteiger charge is -2.32. The maximum Gasteiger partial charge on any atom is 0.255 e. The highest BCUT2D eigenvalue weighted by Gasteiger charge is 2.25. The monoisotopic (exact) mass is 393 g/mol. The summed E-state index contributed by atoms with van der Waals surface area (Å²) in [5.41, 5.74) is 0.585. The lowest BCUT2D eigenvalue weighted by atomic mass is 9.99. The lowest BCUT2D eigenvalue weighted by Crippen LogP contribution is -2.40. The van der Waals surface area contributed by atoms with Gasteiger partial charge < -0.3 is 4.90 Å². The van der Waals surface area contributed by atoms with Gasteiger partial charge in [-0.1, -0.05) is 33.6 Å². The van der Waals surface area contributed by atoms with Gasteiger partial charge in [0.05, 0.1) is 10.6 Å². The van der Waals surface area contributed by atoms with Crippen molar-refractivity contribution in [1.82, 2.24) is 4.90 Å². The summed E-state index contributed by atoms with van der Waals surface area (Å²) in [5, 5.41) is 1.45.